The van der Waals surface area contributed by atoms with Crippen LogP contribution in [0.4, 0.5) is 5.69 Å². The Labute approximate surface area is 128 Å². The van der Waals surface area contributed by atoms with Crippen molar-refractivity contribution >= 4 is 35.6 Å². The molecule has 0 fully saturated rings. The lowest BCUT2D eigenvalue weighted by molar-refractivity contribution is -0.118. The normalized spacial score (nSPS) is 11.2. The van der Waals surface area contributed by atoms with Crippen LogP contribution in [0.15, 0.2) is 12.1 Å². The van der Waals surface area contributed by atoms with E-state index < -0.39 is 6.04 Å². The van der Waals surface area contributed by atoms with Gasteiger partial charge in [-0.2, -0.15) is 0 Å². The van der Waals surface area contributed by atoms with Gasteiger partial charge in [-0.1, -0.05) is 11.6 Å². The van der Waals surface area contributed by atoms with Gasteiger partial charge in [0.25, 0.3) is 0 Å². The number of benzene rings is 1. The van der Waals surface area contributed by atoms with Crippen LogP contribution in [0.3, 0.4) is 0 Å². The Morgan fingerprint density at radius 3 is 2.40 bits per heavy atom. The van der Waals surface area contributed by atoms with Gasteiger partial charge in [0.2, 0.25) is 5.91 Å². The molecule has 0 aliphatic carbocycles. The van der Waals surface area contributed by atoms with Crippen molar-refractivity contribution in [2.75, 3.05) is 33.3 Å². The number of halogens is 2. The smallest absolute Gasteiger partial charge is 0.243 e. The Hall–Kier alpha value is -1.21. The molecular weight excluding hydrogens is 307 g/mol. The summed E-state index contributed by atoms with van der Waals surface area (Å²) in [6.07, 6.45) is 0. The average Bonchev–Trinajstić information content (AvgIpc) is 2.39. The third-order valence-corrected chi connectivity index (χ3v) is 2.71. The minimum Gasteiger partial charge on any atom is -0.495 e. The first-order chi connectivity index (χ1) is 9.03. The number of carbonyl (C=O) groups is 1. The zero-order valence-electron chi connectivity index (χ0n) is 11.4. The van der Waals surface area contributed by atoms with E-state index in [1.165, 1.54) is 27.4 Å². The summed E-state index contributed by atoms with van der Waals surface area (Å²) in [5.41, 5.74) is 6.05. The average molecular weight is 325 g/mol. The summed E-state index contributed by atoms with van der Waals surface area (Å²) in [4.78, 5) is 11.8. The second-order valence-electron chi connectivity index (χ2n) is 3.74. The molecule has 0 heterocycles. The molecule has 0 aliphatic rings. The van der Waals surface area contributed by atoms with E-state index in [0.29, 0.717) is 22.2 Å². The van der Waals surface area contributed by atoms with E-state index in [1.54, 1.807) is 6.07 Å². The van der Waals surface area contributed by atoms with Crippen molar-refractivity contribution < 1.29 is 19.0 Å². The summed E-state index contributed by atoms with van der Waals surface area (Å²) in [6, 6.07) is 2.35. The monoisotopic (exact) mass is 324 g/mol. The fraction of sp³-hybridized carbons (Fsp3) is 0.417. The van der Waals surface area contributed by atoms with Gasteiger partial charge in [-0.15, -0.1) is 12.4 Å². The number of carbonyl (C=O) groups excluding carboxylic acids is 1. The van der Waals surface area contributed by atoms with Gasteiger partial charge in [-0.05, 0) is 6.07 Å². The van der Waals surface area contributed by atoms with Crippen LogP contribution in [-0.2, 0) is 9.53 Å². The molecule has 1 unspecified atom stereocenters. The molecule has 1 aromatic rings. The zero-order valence-corrected chi connectivity index (χ0v) is 13.0. The molecule has 0 saturated heterocycles. The van der Waals surface area contributed by atoms with Gasteiger partial charge < -0.3 is 25.3 Å². The first-order valence-corrected chi connectivity index (χ1v) is 5.88. The lowest BCUT2D eigenvalue weighted by atomic mass is 10.2. The molecule has 0 spiro atoms. The van der Waals surface area contributed by atoms with Gasteiger partial charge in [-0.25, -0.2) is 0 Å². The van der Waals surface area contributed by atoms with Crippen molar-refractivity contribution in [2.24, 2.45) is 5.73 Å². The standard InChI is InChI=1S/C12H17ClN2O4.ClH/c1-17-6-8(14)12(16)15-9-4-7(13)10(18-2)5-11(9)19-3;/h4-5,8H,6,14H2,1-3H3,(H,15,16);1H. The predicted octanol–water partition coefficient (Wildman–Crippen LogP) is 1.69. The Balaban J connectivity index is 0.00000361. The van der Waals surface area contributed by atoms with Crippen LogP contribution in [0.25, 0.3) is 0 Å². The van der Waals surface area contributed by atoms with E-state index in [-0.39, 0.29) is 24.9 Å². The van der Waals surface area contributed by atoms with Crippen molar-refractivity contribution in [3.05, 3.63) is 17.2 Å². The van der Waals surface area contributed by atoms with Gasteiger partial charge in [0, 0.05) is 13.2 Å². The van der Waals surface area contributed by atoms with E-state index >= 15 is 0 Å². The van der Waals surface area contributed by atoms with E-state index in [0.717, 1.165) is 0 Å². The summed E-state index contributed by atoms with van der Waals surface area (Å²) >= 11 is 5.99. The second kappa shape index (κ2) is 8.86. The van der Waals surface area contributed by atoms with Gasteiger partial charge in [-0.3, -0.25) is 4.79 Å². The van der Waals surface area contributed by atoms with Gasteiger partial charge in [0.05, 0.1) is 31.5 Å². The molecule has 1 amide bonds. The quantitative estimate of drug-likeness (QED) is 0.832. The summed E-state index contributed by atoms with van der Waals surface area (Å²) < 4.78 is 15.0. The maximum atomic E-state index is 11.8. The third-order valence-electron chi connectivity index (χ3n) is 2.41. The van der Waals surface area contributed by atoms with Crippen molar-refractivity contribution in [1.29, 1.82) is 0 Å². The molecule has 3 N–H and O–H groups in total. The number of nitrogens with two attached hydrogens (primary N) is 1. The van der Waals surface area contributed by atoms with Gasteiger partial charge >= 0.3 is 0 Å². The largest absolute Gasteiger partial charge is 0.495 e. The van der Waals surface area contributed by atoms with Crippen LogP contribution >= 0.6 is 24.0 Å². The lowest BCUT2D eigenvalue weighted by Gasteiger charge is -2.15. The molecule has 0 bridgehead atoms. The number of hydrogen-bond acceptors (Lipinski definition) is 5. The van der Waals surface area contributed by atoms with Crippen molar-refractivity contribution in [1.82, 2.24) is 0 Å². The first kappa shape index (κ1) is 18.8. The number of amides is 1. The highest BCUT2D eigenvalue weighted by Crippen LogP contribution is 2.35. The minimum absolute atomic E-state index is 0. The zero-order chi connectivity index (χ0) is 14.4. The predicted molar refractivity (Wildman–Crippen MR) is 80.3 cm³/mol. The molecule has 114 valence electrons. The highest BCUT2D eigenvalue weighted by atomic mass is 35.5. The van der Waals surface area contributed by atoms with Crippen LogP contribution in [0.2, 0.25) is 5.02 Å². The fourth-order valence-corrected chi connectivity index (χ4v) is 1.68. The number of anilines is 1. The second-order valence-corrected chi connectivity index (χ2v) is 4.15. The first-order valence-electron chi connectivity index (χ1n) is 5.50. The Morgan fingerprint density at radius 1 is 1.30 bits per heavy atom. The summed E-state index contributed by atoms with van der Waals surface area (Å²) in [6.45, 7) is 0.123. The molecule has 20 heavy (non-hydrogen) atoms. The maximum absolute atomic E-state index is 11.8. The van der Waals surface area contributed by atoms with Crippen molar-refractivity contribution in [2.45, 2.75) is 6.04 Å². The SMILES string of the molecule is COCC(N)C(=O)Nc1cc(Cl)c(OC)cc1OC.Cl. The molecule has 8 heteroatoms. The Kier molecular flexibility index (Phi) is 8.33. The number of nitrogens with one attached hydrogen (secondary N) is 1. The maximum Gasteiger partial charge on any atom is 0.243 e. The molecule has 1 rings (SSSR count). The Morgan fingerprint density at radius 2 is 1.90 bits per heavy atom. The van der Waals surface area contributed by atoms with E-state index in [2.05, 4.69) is 5.32 Å². The molecule has 0 aliphatic heterocycles. The van der Waals surface area contributed by atoms with E-state index in [9.17, 15) is 4.79 Å². The van der Waals surface area contributed by atoms with Crippen molar-refractivity contribution in [3.63, 3.8) is 0 Å². The summed E-state index contributed by atoms with van der Waals surface area (Å²) in [5, 5.41) is 2.99. The van der Waals surface area contributed by atoms with Gasteiger partial charge in [0.1, 0.15) is 17.5 Å². The fourth-order valence-electron chi connectivity index (χ4n) is 1.44. The number of methoxy groups -OCH3 is 3. The topological polar surface area (TPSA) is 82.8 Å². The number of hydrogen-bond donors (Lipinski definition) is 2. The Bertz CT molecular complexity index is 457. The van der Waals surface area contributed by atoms with Crippen LogP contribution in [0, 0.1) is 0 Å². The molecule has 0 saturated carbocycles. The molecular formula is C12H18Cl2N2O4. The molecule has 0 radical (unpaired) electrons. The minimum atomic E-state index is -0.768. The molecule has 6 nitrogen and oxygen atoms in total. The summed E-state index contributed by atoms with van der Waals surface area (Å²) in [5.74, 6) is 0.498. The highest BCUT2D eigenvalue weighted by molar-refractivity contribution is 6.32. The highest BCUT2D eigenvalue weighted by Gasteiger charge is 2.17. The summed E-state index contributed by atoms with van der Waals surface area (Å²) in [7, 11) is 4.44. The van der Waals surface area contributed by atoms with Crippen LogP contribution in [-0.4, -0.2) is 39.9 Å². The number of ether oxygens (including phenoxy) is 3. The molecule has 0 aromatic heterocycles. The molecule has 1 aromatic carbocycles. The van der Waals surface area contributed by atoms with Crippen LogP contribution in [0.1, 0.15) is 0 Å². The van der Waals surface area contributed by atoms with Crippen LogP contribution < -0.4 is 20.5 Å². The molecule has 1 atom stereocenters. The lowest BCUT2D eigenvalue weighted by Crippen LogP contribution is -2.39. The third kappa shape index (κ3) is 4.72. The van der Waals surface area contributed by atoms with E-state index in [4.69, 9.17) is 31.5 Å². The van der Waals surface area contributed by atoms with Crippen molar-refractivity contribution in [3.8, 4) is 11.5 Å². The van der Waals surface area contributed by atoms with E-state index in [1.807, 2.05) is 0 Å². The van der Waals surface area contributed by atoms with Gasteiger partial charge in [0.15, 0.2) is 0 Å². The van der Waals surface area contributed by atoms with Crippen LogP contribution in [0.5, 0.6) is 11.5 Å². The number of rotatable bonds is 6.